The van der Waals surface area contributed by atoms with Crippen molar-refractivity contribution in [2.45, 2.75) is 11.1 Å². The molecule has 2 heterocycles. The highest BCUT2D eigenvalue weighted by Gasteiger charge is 2.22. The molecule has 0 spiro atoms. The van der Waals surface area contributed by atoms with Crippen LogP contribution in [0.3, 0.4) is 0 Å². The Kier molecular flexibility index (Phi) is 2.99. The van der Waals surface area contributed by atoms with Gasteiger partial charge >= 0.3 is 0 Å². The molecule has 3 aromatic rings. The molecule has 0 saturated heterocycles. The molecule has 0 N–H and O–H groups in total. The molecule has 0 saturated carbocycles. The summed E-state index contributed by atoms with van der Waals surface area (Å²) in [5.74, 6) is -0.152. The summed E-state index contributed by atoms with van der Waals surface area (Å²) in [4.78, 5) is 11.7. The van der Waals surface area contributed by atoms with E-state index in [0.29, 0.717) is 16.5 Å². The molecule has 2 aromatic heterocycles. The minimum absolute atomic E-state index is 0.152. The van der Waals surface area contributed by atoms with Crippen molar-refractivity contribution in [3.63, 3.8) is 0 Å². The smallest absolute Gasteiger partial charge is 0.277 e. The molecule has 0 aliphatic rings. The summed E-state index contributed by atoms with van der Waals surface area (Å²) in [5.41, 5.74) is 0.937. The van der Waals surface area contributed by atoms with Crippen LogP contribution in [0.2, 0.25) is 0 Å². The average molecular weight is 305 g/mol. The summed E-state index contributed by atoms with van der Waals surface area (Å²) in [5, 5.41) is 2.37. The van der Waals surface area contributed by atoms with Crippen molar-refractivity contribution < 1.29 is 13.2 Å². The fourth-order valence-corrected chi connectivity index (χ4v) is 4.59. The fourth-order valence-electron chi connectivity index (χ4n) is 2.14. The van der Waals surface area contributed by atoms with E-state index in [4.69, 9.17) is 0 Å². The van der Waals surface area contributed by atoms with Gasteiger partial charge in [-0.1, -0.05) is 24.3 Å². The van der Waals surface area contributed by atoms with Gasteiger partial charge in [0.2, 0.25) is 0 Å². The molecule has 0 aliphatic carbocycles. The van der Waals surface area contributed by atoms with Crippen molar-refractivity contribution in [2.24, 2.45) is 0 Å². The van der Waals surface area contributed by atoms with Gasteiger partial charge in [-0.2, -0.15) is 8.42 Å². The molecule has 0 atom stereocenters. The van der Waals surface area contributed by atoms with Crippen LogP contribution in [0.5, 0.6) is 0 Å². The number of benzene rings is 1. The highest BCUT2D eigenvalue weighted by molar-refractivity contribution is 7.92. The van der Waals surface area contributed by atoms with Gasteiger partial charge < -0.3 is 0 Å². The zero-order valence-electron chi connectivity index (χ0n) is 10.6. The first kappa shape index (κ1) is 13.1. The maximum atomic E-state index is 12.6. The fraction of sp³-hybridized carbons (Fsp3) is 0.0714. The van der Waals surface area contributed by atoms with Gasteiger partial charge in [-0.25, -0.2) is 3.97 Å². The largest absolute Gasteiger partial charge is 0.294 e. The average Bonchev–Trinajstić information content (AvgIpc) is 3.07. The summed E-state index contributed by atoms with van der Waals surface area (Å²) < 4.78 is 26.7. The second-order valence-corrected chi connectivity index (χ2v) is 7.34. The van der Waals surface area contributed by atoms with Gasteiger partial charge in [0.05, 0.1) is 5.52 Å². The Balaban J connectivity index is 2.36. The third-order valence-corrected chi connectivity index (χ3v) is 6.11. The maximum absolute atomic E-state index is 12.6. The van der Waals surface area contributed by atoms with Gasteiger partial charge in [0.25, 0.3) is 10.0 Å². The van der Waals surface area contributed by atoms with Crippen LogP contribution in [0.25, 0.3) is 10.9 Å². The summed E-state index contributed by atoms with van der Waals surface area (Å²) >= 11 is 1.16. The van der Waals surface area contributed by atoms with Crippen LogP contribution in [0.15, 0.2) is 52.2 Å². The predicted octanol–water partition coefficient (Wildman–Crippen LogP) is 3.14. The molecule has 1 aromatic carbocycles. The van der Waals surface area contributed by atoms with Crippen LogP contribution >= 0.6 is 11.3 Å². The van der Waals surface area contributed by atoms with Crippen LogP contribution in [0, 0.1) is 0 Å². The van der Waals surface area contributed by atoms with E-state index in [1.165, 1.54) is 17.1 Å². The normalized spacial score (nSPS) is 11.8. The zero-order chi connectivity index (χ0) is 14.3. The third-order valence-electron chi connectivity index (χ3n) is 3.07. The highest BCUT2D eigenvalue weighted by Crippen LogP contribution is 2.27. The van der Waals surface area contributed by atoms with E-state index >= 15 is 0 Å². The van der Waals surface area contributed by atoms with Gasteiger partial charge in [-0.3, -0.25) is 4.79 Å². The number of thiophene rings is 1. The quantitative estimate of drug-likeness (QED) is 0.698. The first-order valence-electron chi connectivity index (χ1n) is 5.92. The van der Waals surface area contributed by atoms with Crippen LogP contribution in [0.1, 0.15) is 17.3 Å². The molecule has 6 heteroatoms. The van der Waals surface area contributed by atoms with Crippen molar-refractivity contribution >= 4 is 38.0 Å². The number of rotatable bonds is 3. The van der Waals surface area contributed by atoms with Gasteiger partial charge in [0, 0.05) is 17.1 Å². The van der Waals surface area contributed by atoms with Crippen molar-refractivity contribution in [3.05, 3.63) is 53.5 Å². The number of Topliss-reactive ketones (excluding diaryl/α,β-unsaturated/α-hetero) is 1. The molecule has 20 heavy (non-hydrogen) atoms. The van der Waals surface area contributed by atoms with Gasteiger partial charge in [0.1, 0.15) is 4.21 Å². The minimum atomic E-state index is -3.65. The van der Waals surface area contributed by atoms with E-state index in [1.54, 1.807) is 41.8 Å². The Hall–Kier alpha value is -1.92. The number of fused-ring (bicyclic) bond motifs is 1. The van der Waals surface area contributed by atoms with Crippen molar-refractivity contribution in [1.29, 1.82) is 0 Å². The Morgan fingerprint density at radius 3 is 2.55 bits per heavy atom. The Labute approximate surface area is 120 Å². The van der Waals surface area contributed by atoms with Crippen LogP contribution < -0.4 is 0 Å². The standard InChI is InChI=1S/C14H11NO3S2/c1-10(16)12-9-15(13-6-3-2-5-11(12)13)20(17,18)14-7-4-8-19-14/h2-9H,1H3. The number of carbonyl (C=O) groups is 1. The molecule has 0 radical (unpaired) electrons. The number of aromatic nitrogens is 1. The zero-order valence-corrected chi connectivity index (χ0v) is 12.2. The molecule has 0 aliphatic heterocycles. The van der Waals surface area contributed by atoms with Gasteiger partial charge in [-0.05, 0) is 24.4 Å². The van der Waals surface area contributed by atoms with Crippen molar-refractivity contribution in [2.75, 3.05) is 0 Å². The van der Waals surface area contributed by atoms with E-state index in [2.05, 4.69) is 0 Å². The predicted molar refractivity (Wildman–Crippen MR) is 78.8 cm³/mol. The molecule has 0 unspecified atom stereocenters. The monoisotopic (exact) mass is 305 g/mol. The number of ketones is 1. The Bertz CT molecular complexity index is 890. The van der Waals surface area contributed by atoms with Gasteiger partial charge in [0.15, 0.2) is 5.78 Å². The first-order valence-corrected chi connectivity index (χ1v) is 8.24. The van der Waals surface area contributed by atoms with Crippen LogP contribution in [-0.4, -0.2) is 18.2 Å². The number of carbonyl (C=O) groups excluding carboxylic acids is 1. The van der Waals surface area contributed by atoms with Crippen LogP contribution in [0.4, 0.5) is 0 Å². The molecular weight excluding hydrogens is 294 g/mol. The summed E-state index contributed by atoms with van der Waals surface area (Å²) in [6.07, 6.45) is 1.40. The molecule has 3 rings (SSSR count). The van der Waals surface area contributed by atoms with E-state index in [0.717, 1.165) is 11.3 Å². The van der Waals surface area contributed by atoms with E-state index < -0.39 is 10.0 Å². The lowest BCUT2D eigenvalue weighted by Crippen LogP contribution is -2.10. The second kappa shape index (κ2) is 4.57. The van der Waals surface area contributed by atoms with Gasteiger partial charge in [-0.15, -0.1) is 11.3 Å². The number of hydrogen-bond acceptors (Lipinski definition) is 4. The molecular formula is C14H11NO3S2. The third kappa shape index (κ3) is 1.88. The summed E-state index contributed by atoms with van der Waals surface area (Å²) in [6, 6.07) is 10.3. The minimum Gasteiger partial charge on any atom is -0.294 e. The van der Waals surface area contributed by atoms with Crippen molar-refractivity contribution in [1.82, 2.24) is 3.97 Å². The number of para-hydroxylation sites is 1. The topological polar surface area (TPSA) is 56.1 Å². The lowest BCUT2D eigenvalue weighted by Gasteiger charge is -2.04. The lowest BCUT2D eigenvalue weighted by molar-refractivity contribution is 0.101. The lowest BCUT2D eigenvalue weighted by atomic mass is 10.1. The molecule has 0 amide bonds. The maximum Gasteiger partial charge on any atom is 0.277 e. The van der Waals surface area contributed by atoms with E-state index in [-0.39, 0.29) is 9.99 Å². The van der Waals surface area contributed by atoms with E-state index in [9.17, 15) is 13.2 Å². The molecule has 0 fully saturated rings. The molecule has 102 valence electrons. The first-order chi connectivity index (χ1) is 9.51. The second-order valence-electron chi connectivity index (χ2n) is 4.35. The van der Waals surface area contributed by atoms with Crippen molar-refractivity contribution in [3.8, 4) is 0 Å². The molecule has 0 bridgehead atoms. The highest BCUT2D eigenvalue weighted by atomic mass is 32.2. The Morgan fingerprint density at radius 1 is 1.15 bits per heavy atom. The SMILES string of the molecule is CC(=O)c1cn(S(=O)(=O)c2cccs2)c2ccccc12. The number of nitrogens with zero attached hydrogens (tertiary/aromatic N) is 1. The summed E-state index contributed by atoms with van der Waals surface area (Å²) in [6.45, 7) is 1.43. The van der Waals surface area contributed by atoms with Crippen LogP contribution in [-0.2, 0) is 10.0 Å². The van der Waals surface area contributed by atoms with E-state index in [1.807, 2.05) is 0 Å². The number of hydrogen-bond donors (Lipinski definition) is 0. The molecule has 4 nitrogen and oxygen atoms in total. The Morgan fingerprint density at radius 2 is 1.90 bits per heavy atom. The summed E-state index contributed by atoms with van der Waals surface area (Å²) in [7, 11) is -3.65.